The normalized spacial score (nSPS) is 16.3. The first-order valence-electron chi connectivity index (χ1n) is 9.73. The molecular weight excluding hydrogens is 440 g/mol. The first-order valence-corrected chi connectivity index (χ1v) is 11.2. The van der Waals surface area contributed by atoms with E-state index in [2.05, 4.69) is 5.32 Å². The molecule has 0 aromatic heterocycles. The number of carbonyl (C=O) groups is 3. The molecule has 12 heteroatoms. The molecule has 0 radical (unpaired) electrons. The van der Waals surface area contributed by atoms with Gasteiger partial charge in [0.05, 0.1) is 20.9 Å². The summed E-state index contributed by atoms with van der Waals surface area (Å²) in [6, 6.07) is 8.91. The lowest BCUT2D eigenvalue weighted by Gasteiger charge is -2.16. The zero-order valence-electron chi connectivity index (χ0n) is 16.7. The third-order valence-corrected chi connectivity index (χ3v) is 7.22. The first-order chi connectivity index (χ1) is 15.2. The number of nitro groups is 1. The molecule has 4 rings (SSSR count). The highest BCUT2D eigenvalue weighted by Gasteiger charge is 2.37. The van der Waals surface area contributed by atoms with E-state index >= 15 is 0 Å². The van der Waals surface area contributed by atoms with Gasteiger partial charge in [0.2, 0.25) is 15.9 Å². The fraction of sp³-hybridized carbons (Fsp3) is 0.250. The number of non-ortho nitro benzene ring substituents is 1. The van der Waals surface area contributed by atoms with Crippen LogP contribution in [0.25, 0.3) is 0 Å². The summed E-state index contributed by atoms with van der Waals surface area (Å²) in [5, 5.41) is 13.4. The van der Waals surface area contributed by atoms with Crippen molar-refractivity contribution in [3.05, 3.63) is 63.7 Å². The van der Waals surface area contributed by atoms with Crippen LogP contribution in [-0.2, 0) is 14.8 Å². The number of sulfonamides is 1. The minimum atomic E-state index is -3.58. The van der Waals surface area contributed by atoms with Crippen molar-refractivity contribution >= 4 is 39.1 Å². The number of imide groups is 1. The lowest BCUT2D eigenvalue weighted by atomic mass is 10.1. The molecule has 0 saturated carbocycles. The Morgan fingerprint density at radius 1 is 1.00 bits per heavy atom. The molecule has 2 aliphatic rings. The third-order valence-electron chi connectivity index (χ3n) is 5.31. The molecule has 2 aliphatic heterocycles. The van der Waals surface area contributed by atoms with Gasteiger partial charge in [-0.05, 0) is 43.2 Å². The number of hydrogen-bond acceptors (Lipinski definition) is 7. The van der Waals surface area contributed by atoms with Crippen LogP contribution in [0.5, 0.6) is 0 Å². The molecule has 1 N–H and O–H groups in total. The number of hydrogen-bond donors (Lipinski definition) is 1. The molecule has 3 amide bonds. The average Bonchev–Trinajstić information content (AvgIpc) is 3.39. The van der Waals surface area contributed by atoms with Crippen LogP contribution in [0, 0.1) is 10.1 Å². The van der Waals surface area contributed by atoms with Gasteiger partial charge in [-0.15, -0.1) is 0 Å². The molecule has 11 nitrogen and oxygen atoms in total. The molecule has 0 bridgehead atoms. The molecule has 2 aromatic rings. The number of benzene rings is 2. The lowest BCUT2D eigenvalue weighted by molar-refractivity contribution is -0.384. The highest BCUT2D eigenvalue weighted by atomic mass is 32.2. The van der Waals surface area contributed by atoms with Crippen molar-refractivity contribution in [2.75, 3.05) is 25.0 Å². The first kappa shape index (κ1) is 21.6. The van der Waals surface area contributed by atoms with Gasteiger partial charge in [-0.3, -0.25) is 29.4 Å². The molecule has 1 saturated heterocycles. The van der Waals surface area contributed by atoms with Crippen molar-refractivity contribution in [1.29, 1.82) is 0 Å². The average molecular weight is 458 g/mol. The quantitative estimate of drug-likeness (QED) is 0.393. The predicted molar refractivity (Wildman–Crippen MR) is 112 cm³/mol. The summed E-state index contributed by atoms with van der Waals surface area (Å²) >= 11 is 0. The summed E-state index contributed by atoms with van der Waals surface area (Å²) < 4.78 is 26.5. The van der Waals surface area contributed by atoms with Crippen LogP contribution in [-0.4, -0.2) is 59.9 Å². The van der Waals surface area contributed by atoms with Crippen LogP contribution in [0.15, 0.2) is 47.4 Å². The number of nitrogens with zero attached hydrogens (tertiary/aromatic N) is 3. The van der Waals surface area contributed by atoms with E-state index in [4.69, 9.17) is 0 Å². The van der Waals surface area contributed by atoms with Gasteiger partial charge >= 0.3 is 0 Å². The smallest absolute Gasteiger partial charge is 0.270 e. The summed E-state index contributed by atoms with van der Waals surface area (Å²) in [6.45, 7) is 0.364. The fourth-order valence-corrected chi connectivity index (χ4v) is 5.18. The van der Waals surface area contributed by atoms with Crippen LogP contribution < -0.4 is 5.32 Å². The Balaban J connectivity index is 1.43. The second-order valence-electron chi connectivity index (χ2n) is 7.37. The van der Waals surface area contributed by atoms with E-state index in [0.29, 0.717) is 23.7 Å². The predicted octanol–water partition coefficient (Wildman–Crippen LogP) is 1.61. The van der Waals surface area contributed by atoms with Gasteiger partial charge in [0, 0.05) is 30.9 Å². The van der Waals surface area contributed by atoms with Crippen molar-refractivity contribution in [3.8, 4) is 0 Å². The van der Waals surface area contributed by atoms with Gasteiger partial charge < -0.3 is 5.32 Å². The van der Waals surface area contributed by atoms with Crippen LogP contribution in [0.4, 0.5) is 11.4 Å². The topological polar surface area (TPSA) is 147 Å². The number of rotatable bonds is 6. The van der Waals surface area contributed by atoms with Crippen molar-refractivity contribution < 1.29 is 27.7 Å². The van der Waals surface area contributed by atoms with Gasteiger partial charge in [0.15, 0.2) is 0 Å². The Morgan fingerprint density at radius 2 is 1.62 bits per heavy atom. The molecule has 1 fully saturated rings. The summed E-state index contributed by atoms with van der Waals surface area (Å²) in [5.41, 5.74) is -0.180. The van der Waals surface area contributed by atoms with Gasteiger partial charge in [0.1, 0.15) is 6.54 Å². The number of fused-ring (bicyclic) bond motifs is 1. The van der Waals surface area contributed by atoms with E-state index in [9.17, 15) is 32.9 Å². The van der Waals surface area contributed by atoms with E-state index in [1.807, 2.05) is 0 Å². The Hall–Kier alpha value is -3.64. The maximum Gasteiger partial charge on any atom is 0.270 e. The molecule has 0 unspecified atom stereocenters. The lowest BCUT2D eigenvalue weighted by Crippen LogP contribution is -2.37. The molecule has 2 heterocycles. The minimum absolute atomic E-state index is 0.00938. The fourth-order valence-electron chi connectivity index (χ4n) is 3.67. The molecule has 2 aromatic carbocycles. The van der Waals surface area contributed by atoms with Crippen molar-refractivity contribution in [1.82, 2.24) is 9.21 Å². The minimum Gasteiger partial charge on any atom is -0.325 e. The van der Waals surface area contributed by atoms with E-state index in [1.54, 1.807) is 0 Å². The molecule has 0 aliphatic carbocycles. The molecule has 166 valence electrons. The van der Waals surface area contributed by atoms with E-state index < -0.39 is 39.2 Å². The zero-order chi connectivity index (χ0) is 23.0. The number of nitro benzene ring substituents is 1. The van der Waals surface area contributed by atoms with Gasteiger partial charge in [-0.1, -0.05) is 0 Å². The zero-order valence-corrected chi connectivity index (χ0v) is 17.5. The molecule has 0 atom stereocenters. The monoisotopic (exact) mass is 458 g/mol. The Labute approximate surface area is 182 Å². The molecule has 0 spiro atoms. The summed E-state index contributed by atoms with van der Waals surface area (Å²) in [5.74, 6) is -2.19. The van der Waals surface area contributed by atoms with Gasteiger partial charge in [-0.2, -0.15) is 4.31 Å². The Bertz CT molecular complexity index is 1240. The van der Waals surface area contributed by atoms with Gasteiger partial charge in [0.25, 0.3) is 17.5 Å². The maximum absolute atomic E-state index is 12.6. The van der Waals surface area contributed by atoms with Crippen LogP contribution in [0.3, 0.4) is 0 Å². The standard InChI is InChI=1S/C20H18N4O7S/c25-18(12-23-19(26)16-8-5-14(24(28)29)11-17(16)20(23)27)21-13-3-6-15(7-4-13)32(30,31)22-9-1-2-10-22/h3-8,11H,1-2,9-10,12H2,(H,21,25). The summed E-state index contributed by atoms with van der Waals surface area (Å²) in [6.07, 6.45) is 1.64. The van der Waals surface area contributed by atoms with Crippen LogP contribution in [0.2, 0.25) is 0 Å². The molecule has 32 heavy (non-hydrogen) atoms. The van der Waals surface area contributed by atoms with Crippen molar-refractivity contribution in [2.24, 2.45) is 0 Å². The van der Waals surface area contributed by atoms with Crippen molar-refractivity contribution in [3.63, 3.8) is 0 Å². The van der Waals surface area contributed by atoms with Crippen LogP contribution >= 0.6 is 0 Å². The largest absolute Gasteiger partial charge is 0.325 e. The second-order valence-corrected chi connectivity index (χ2v) is 9.31. The van der Waals surface area contributed by atoms with E-state index in [1.165, 1.54) is 34.6 Å². The Kier molecular flexibility index (Phi) is 5.48. The van der Waals surface area contributed by atoms with Gasteiger partial charge in [-0.25, -0.2) is 8.42 Å². The number of amides is 3. The van der Waals surface area contributed by atoms with E-state index in [0.717, 1.165) is 25.0 Å². The second kappa shape index (κ2) is 8.13. The number of carbonyl (C=O) groups excluding carboxylic acids is 3. The molecular formula is C20H18N4O7S. The Morgan fingerprint density at radius 3 is 2.25 bits per heavy atom. The van der Waals surface area contributed by atoms with Crippen LogP contribution in [0.1, 0.15) is 33.6 Å². The SMILES string of the molecule is O=C(CN1C(=O)c2ccc([N+](=O)[O-])cc2C1=O)Nc1ccc(S(=O)(=O)N2CCCC2)cc1. The highest BCUT2D eigenvalue weighted by molar-refractivity contribution is 7.89. The van der Waals surface area contributed by atoms with E-state index in [-0.39, 0.29) is 21.7 Å². The number of nitrogens with one attached hydrogen (secondary N) is 1. The number of anilines is 1. The summed E-state index contributed by atoms with van der Waals surface area (Å²) in [7, 11) is -3.58. The third kappa shape index (κ3) is 3.85. The summed E-state index contributed by atoms with van der Waals surface area (Å²) in [4.78, 5) is 48.3. The van der Waals surface area contributed by atoms with Crippen molar-refractivity contribution in [2.45, 2.75) is 17.7 Å². The maximum atomic E-state index is 12.6. The highest BCUT2D eigenvalue weighted by Crippen LogP contribution is 2.27.